The number of ether oxygens (including phenoxy) is 1. The van der Waals surface area contributed by atoms with Crippen LogP contribution in [0.3, 0.4) is 0 Å². The van der Waals surface area contributed by atoms with E-state index in [4.69, 9.17) is 4.74 Å². The smallest absolute Gasteiger partial charge is 0.231 e. The molecule has 0 aliphatic carbocycles. The molecule has 2 aromatic heterocycles. The van der Waals surface area contributed by atoms with Crippen molar-refractivity contribution in [1.82, 2.24) is 30.5 Å². The van der Waals surface area contributed by atoms with Crippen LogP contribution in [0, 0.1) is 13.8 Å². The molecule has 4 rings (SSSR count). The predicted octanol–water partition coefficient (Wildman–Crippen LogP) is 3.06. The van der Waals surface area contributed by atoms with Gasteiger partial charge in [0.05, 0.1) is 5.92 Å². The molecule has 0 radical (unpaired) electrons. The van der Waals surface area contributed by atoms with E-state index in [1.165, 1.54) is 0 Å². The maximum atomic E-state index is 12.9. The number of fused-ring (bicyclic) bond motifs is 1. The molecule has 8 heteroatoms. The molecule has 0 saturated heterocycles. The third kappa shape index (κ3) is 4.11. The lowest BCUT2D eigenvalue weighted by Crippen LogP contribution is -2.30. The van der Waals surface area contributed by atoms with E-state index < -0.39 is 0 Å². The van der Waals surface area contributed by atoms with Crippen LogP contribution in [0.25, 0.3) is 0 Å². The number of aromatic nitrogens is 5. The molecule has 150 valence electrons. The summed E-state index contributed by atoms with van der Waals surface area (Å²) in [5.74, 6) is 1.51. The van der Waals surface area contributed by atoms with Crippen molar-refractivity contribution in [1.29, 1.82) is 0 Å². The summed E-state index contributed by atoms with van der Waals surface area (Å²) in [5.41, 5.74) is 2.89. The second-order valence-corrected chi connectivity index (χ2v) is 7.32. The number of para-hydroxylation sites is 1. The molecule has 3 heterocycles. The van der Waals surface area contributed by atoms with Gasteiger partial charge in [-0.3, -0.25) is 4.79 Å². The average Bonchev–Trinajstić information content (AvgIpc) is 3.09. The highest BCUT2D eigenvalue weighted by Gasteiger charge is 2.28. The number of amides is 1. The number of carbonyl (C=O) groups excluding carboxylic acids is 1. The number of hydrogen-bond acceptors (Lipinski definition) is 6. The molecule has 1 aliphatic rings. The van der Waals surface area contributed by atoms with E-state index >= 15 is 0 Å². The molecule has 1 N–H and O–H groups in total. The fraction of sp³-hybridized carbons (Fsp3) is 0.381. The summed E-state index contributed by atoms with van der Waals surface area (Å²) in [7, 11) is 0. The summed E-state index contributed by atoms with van der Waals surface area (Å²) < 4.78 is 7.85. The summed E-state index contributed by atoms with van der Waals surface area (Å²) in [6.07, 6.45) is 4.36. The van der Waals surface area contributed by atoms with Gasteiger partial charge in [0.1, 0.15) is 5.75 Å². The van der Waals surface area contributed by atoms with E-state index in [0.717, 1.165) is 48.2 Å². The molecular weight excluding hydrogens is 368 g/mol. The molecule has 0 spiro atoms. The maximum Gasteiger partial charge on any atom is 0.231 e. The number of nitrogens with one attached hydrogen (secondary N) is 1. The average molecular weight is 392 g/mol. The van der Waals surface area contributed by atoms with E-state index in [2.05, 4.69) is 25.8 Å². The lowest BCUT2D eigenvalue weighted by molar-refractivity contribution is -0.123. The molecule has 1 amide bonds. The van der Waals surface area contributed by atoms with Gasteiger partial charge in [0.2, 0.25) is 11.8 Å². The van der Waals surface area contributed by atoms with E-state index in [0.29, 0.717) is 18.2 Å². The molecule has 8 nitrogen and oxygen atoms in total. The second-order valence-electron chi connectivity index (χ2n) is 7.32. The van der Waals surface area contributed by atoms with Crippen LogP contribution in [0.5, 0.6) is 11.6 Å². The monoisotopic (exact) mass is 392 g/mol. The number of carbonyl (C=O) groups is 1. The first-order valence-corrected chi connectivity index (χ1v) is 9.85. The largest absolute Gasteiger partial charge is 0.438 e. The number of rotatable bonds is 5. The summed E-state index contributed by atoms with van der Waals surface area (Å²) in [4.78, 5) is 17.3. The Kier molecular flexibility index (Phi) is 5.50. The van der Waals surface area contributed by atoms with Crippen molar-refractivity contribution in [3.63, 3.8) is 0 Å². The third-order valence-corrected chi connectivity index (χ3v) is 5.21. The molecule has 3 aromatic rings. The minimum absolute atomic E-state index is 0.0789. The molecule has 1 atom stereocenters. The summed E-state index contributed by atoms with van der Waals surface area (Å²) in [6.45, 7) is 5.08. The van der Waals surface area contributed by atoms with E-state index in [1.54, 1.807) is 10.9 Å². The molecular formula is C21H24N6O2. The van der Waals surface area contributed by atoms with Crippen molar-refractivity contribution in [2.75, 3.05) is 0 Å². The Hall–Kier alpha value is -3.29. The van der Waals surface area contributed by atoms with E-state index in [-0.39, 0.29) is 11.8 Å². The minimum Gasteiger partial charge on any atom is -0.438 e. The molecule has 29 heavy (non-hydrogen) atoms. The highest BCUT2D eigenvalue weighted by atomic mass is 16.5. The normalized spacial score (nSPS) is 16.0. The quantitative estimate of drug-likeness (QED) is 0.717. The molecule has 0 saturated carbocycles. The molecule has 1 aliphatic heterocycles. The first kappa shape index (κ1) is 19.0. The van der Waals surface area contributed by atoms with Crippen LogP contribution >= 0.6 is 0 Å². The second kappa shape index (κ2) is 8.38. The fourth-order valence-electron chi connectivity index (χ4n) is 3.62. The first-order chi connectivity index (χ1) is 14.1. The van der Waals surface area contributed by atoms with E-state index in [1.807, 2.05) is 44.2 Å². The SMILES string of the molecule is Cc1cccc(C)c1Oc1ncccc1CNC(=O)C1CCCCn2nnnc21. The number of hydrogen-bond donors (Lipinski definition) is 1. The molecule has 0 bridgehead atoms. The number of aryl methyl sites for hydroxylation is 3. The van der Waals surface area contributed by atoms with Crippen LogP contribution in [0.4, 0.5) is 0 Å². The summed E-state index contributed by atoms with van der Waals surface area (Å²) in [5, 5.41) is 14.8. The number of nitrogens with zero attached hydrogens (tertiary/aromatic N) is 5. The zero-order valence-electron chi connectivity index (χ0n) is 16.6. The Morgan fingerprint density at radius 3 is 2.86 bits per heavy atom. The lowest BCUT2D eigenvalue weighted by atomic mass is 10.0. The highest BCUT2D eigenvalue weighted by Crippen LogP contribution is 2.29. The zero-order valence-corrected chi connectivity index (χ0v) is 16.6. The van der Waals surface area contributed by atoms with Crippen molar-refractivity contribution in [3.05, 3.63) is 59.0 Å². The Morgan fingerprint density at radius 2 is 2.03 bits per heavy atom. The summed E-state index contributed by atoms with van der Waals surface area (Å²) in [6, 6.07) is 9.75. The molecule has 1 unspecified atom stereocenters. The van der Waals surface area contributed by atoms with Crippen molar-refractivity contribution in [2.45, 2.75) is 52.1 Å². The van der Waals surface area contributed by atoms with Crippen LogP contribution in [0.15, 0.2) is 36.5 Å². The van der Waals surface area contributed by atoms with E-state index in [9.17, 15) is 4.79 Å². The predicted molar refractivity (Wildman–Crippen MR) is 106 cm³/mol. The van der Waals surface area contributed by atoms with Gasteiger partial charge in [-0.05, 0) is 54.3 Å². The number of benzene rings is 1. The van der Waals surface area contributed by atoms with Crippen molar-refractivity contribution in [2.24, 2.45) is 0 Å². The van der Waals surface area contributed by atoms with Crippen LogP contribution in [-0.4, -0.2) is 31.1 Å². The van der Waals surface area contributed by atoms with Gasteiger partial charge in [0.15, 0.2) is 5.82 Å². The van der Waals surface area contributed by atoms with Gasteiger partial charge in [0, 0.05) is 24.8 Å². The van der Waals surface area contributed by atoms with Crippen LogP contribution in [0.2, 0.25) is 0 Å². The Balaban J connectivity index is 1.49. The van der Waals surface area contributed by atoms with Gasteiger partial charge in [-0.15, -0.1) is 5.10 Å². The minimum atomic E-state index is -0.341. The van der Waals surface area contributed by atoms with Gasteiger partial charge >= 0.3 is 0 Å². The summed E-state index contributed by atoms with van der Waals surface area (Å²) >= 11 is 0. The van der Waals surface area contributed by atoms with Crippen molar-refractivity contribution in [3.8, 4) is 11.6 Å². The number of pyridine rings is 1. The fourth-order valence-corrected chi connectivity index (χ4v) is 3.62. The van der Waals surface area contributed by atoms with Crippen LogP contribution < -0.4 is 10.1 Å². The first-order valence-electron chi connectivity index (χ1n) is 9.85. The molecule has 0 fully saturated rings. The van der Waals surface area contributed by atoms with Gasteiger partial charge in [-0.25, -0.2) is 9.67 Å². The Bertz CT molecular complexity index is 996. The van der Waals surface area contributed by atoms with Crippen LogP contribution in [0.1, 0.15) is 47.7 Å². The van der Waals surface area contributed by atoms with Crippen LogP contribution in [-0.2, 0) is 17.9 Å². The lowest BCUT2D eigenvalue weighted by Gasteiger charge is -2.16. The van der Waals surface area contributed by atoms with Gasteiger partial charge < -0.3 is 10.1 Å². The maximum absolute atomic E-state index is 12.9. The Morgan fingerprint density at radius 1 is 1.21 bits per heavy atom. The number of tetrazole rings is 1. The topological polar surface area (TPSA) is 94.8 Å². The standard InChI is InChI=1S/C21H24N6O2/c1-14-7-5-8-15(2)18(14)29-21-16(9-6-11-22-21)13-23-20(28)17-10-3-4-12-27-19(17)24-25-26-27/h5-9,11,17H,3-4,10,12-13H2,1-2H3,(H,23,28). The highest BCUT2D eigenvalue weighted by molar-refractivity contribution is 5.82. The molecule has 1 aromatic carbocycles. The van der Waals surface area contributed by atoms with Gasteiger partial charge in [-0.2, -0.15) is 0 Å². The van der Waals surface area contributed by atoms with Gasteiger partial charge in [0.25, 0.3) is 0 Å². The van der Waals surface area contributed by atoms with Crippen molar-refractivity contribution < 1.29 is 9.53 Å². The van der Waals surface area contributed by atoms with Gasteiger partial charge in [-0.1, -0.05) is 30.7 Å². The van der Waals surface area contributed by atoms with Crippen molar-refractivity contribution >= 4 is 5.91 Å². The third-order valence-electron chi connectivity index (χ3n) is 5.21. The Labute approximate surface area is 169 Å². The zero-order chi connectivity index (χ0) is 20.2.